The van der Waals surface area contributed by atoms with Gasteiger partial charge in [-0.15, -0.1) is 0 Å². The van der Waals surface area contributed by atoms with Crippen molar-refractivity contribution in [3.63, 3.8) is 0 Å². The first-order chi connectivity index (χ1) is 14.9. The van der Waals surface area contributed by atoms with Gasteiger partial charge < -0.3 is 14.9 Å². The van der Waals surface area contributed by atoms with E-state index in [1.54, 1.807) is 53.6 Å². The lowest BCUT2D eigenvalue weighted by Gasteiger charge is -2.33. The number of aromatic nitrogens is 3. The fourth-order valence-corrected chi connectivity index (χ4v) is 5.48. The highest BCUT2D eigenvalue weighted by Crippen LogP contribution is 2.25. The maximum absolute atomic E-state index is 13.1. The van der Waals surface area contributed by atoms with Gasteiger partial charge in [-0.3, -0.25) is 9.59 Å². The van der Waals surface area contributed by atoms with Gasteiger partial charge in [-0.1, -0.05) is 18.2 Å². The molecule has 31 heavy (non-hydrogen) atoms. The summed E-state index contributed by atoms with van der Waals surface area (Å²) in [4.78, 5) is 36.6. The lowest BCUT2D eigenvalue weighted by molar-refractivity contribution is 0.0692. The van der Waals surface area contributed by atoms with Gasteiger partial charge in [0, 0.05) is 49.3 Å². The van der Waals surface area contributed by atoms with Crippen LogP contribution in [0.4, 0.5) is 0 Å². The molecule has 10 heteroatoms. The Hall–Kier alpha value is -3.50. The molecule has 4 aromatic rings. The van der Waals surface area contributed by atoms with Crippen LogP contribution in [0, 0.1) is 0 Å². The Morgan fingerprint density at radius 1 is 1.00 bits per heavy atom. The summed E-state index contributed by atoms with van der Waals surface area (Å²) in [6, 6.07) is 12.1. The summed E-state index contributed by atoms with van der Waals surface area (Å²) < 4.78 is 27.6. The second kappa shape index (κ2) is 7.33. The number of benzene rings is 1. The molecule has 0 radical (unpaired) electrons. The van der Waals surface area contributed by atoms with E-state index in [-0.39, 0.29) is 48.2 Å². The number of piperazine rings is 1. The Labute approximate surface area is 177 Å². The summed E-state index contributed by atoms with van der Waals surface area (Å²) in [5.41, 5.74) is 0.383. The van der Waals surface area contributed by atoms with E-state index in [1.807, 2.05) is 0 Å². The number of pyridine rings is 2. The average Bonchev–Trinajstić information content (AvgIpc) is 3.24. The molecule has 1 amide bonds. The summed E-state index contributed by atoms with van der Waals surface area (Å²) in [7, 11) is -3.73. The number of hydrogen-bond acceptors (Lipinski definition) is 5. The Kier molecular flexibility index (Phi) is 4.60. The zero-order valence-electron chi connectivity index (χ0n) is 16.4. The Balaban J connectivity index is 1.35. The highest BCUT2D eigenvalue weighted by Gasteiger charge is 2.32. The van der Waals surface area contributed by atoms with Crippen LogP contribution in [-0.2, 0) is 10.0 Å². The van der Waals surface area contributed by atoms with E-state index in [0.29, 0.717) is 21.8 Å². The van der Waals surface area contributed by atoms with Gasteiger partial charge in [0.15, 0.2) is 0 Å². The minimum absolute atomic E-state index is 0.165. The van der Waals surface area contributed by atoms with Crippen LogP contribution in [-0.4, -0.2) is 64.7 Å². The van der Waals surface area contributed by atoms with Crippen LogP contribution < -0.4 is 5.56 Å². The summed E-state index contributed by atoms with van der Waals surface area (Å²) in [6.45, 7) is 0.790. The Morgan fingerprint density at radius 3 is 2.55 bits per heavy atom. The molecule has 1 aliphatic rings. The number of sulfonamides is 1. The van der Waals surface area contributed by atoms with E-state index in [4.69, 9.17) is 0 Å². The van der Waals surface area contributed by atoms with Crippen LogP contribution >= 0.6 is 0 Å². The summed E-state index contributed by atoms with van der Waals surface area (Å²) in [5.74, 6) is -0.323. The van der Waals surface area contributed by atoms with Gasteiger partial charge >= 0.3 is 0 Å². The third-order valence-corrected chi connectivity index (χ3v) is 7.48. The zero-order valence-corrected chi connectivity index (χ0v) is 17.2. The third-order valence-electron chi connectivity index (χ3n) is 5.54. The van der Waals surface area contributed by atoms with Crippen molar-refractivity contribution >= 4 is 37.7 Å². The smallest absolute Gasteiger partial charge is 0.270 e. The van der Waals surface area contributed by atoms with Gasteiger partial charge in [-0.25, -0.2) is 13.4 Å². The monoisotopic (exact) mass is 437 g/mol. The number of rotatable bonds is 3. The topological polar surface area (TPSA) is 119 Å². The first kappa shape index (κ1) is 19.5. The maximum Gasteiger partial charge on any atom is 0.270 e. The van der Waals surface area contributed by atoms with Crippen molar-refractivity contribution in [2.75, 3.05) is 26.2 Å². The molecule has 3 aromatic heterocycles. The van der Waals surface area contributed by atoms with Gasteiger partial charge in [0.25, 0.3) is 11.5 Å². The third kappa shape index (κ3) is 3.29. The number of hydrogen-bond donors (Lipinski definition) is 2. The van der Waals surface area contributed by atoms with Crippen LogP contribution in [0.5, 0.6) is 0 Å². The molecular formula is C21H19N5O4S. The molecule has 0 saturated carbocycles. The molecule has 1 saturated heterocycles. The molecule has 9 nitrogen and oxygen atoms in total. The largest absolute Gasteiger partial charge is 0.345 e. The number of nitrogens with one attached hydrogen (secondary N) is 2. The second-order valence-electron chi connectivity index (χ2n) is 7.35. The molecule has 1 aliphatic heterocycles. The van der Waals surface area contributed by atoms with E-state index in [9.17, 15) is 18.0 Å². The van der Waals surface area contributed by atoms with Crippen molar-refractivity contribution in [3.8, 4) is 0 Å². The van der Waals surface area contributed by atoms with Crippen molar-refractivity contribution in [1.29, 1.82) is 0 Å². The molecule has 2 N–H and O–H groups in total. The van der Waals surface area contributed by atoms with Crippen LogP contribution in [0.2, 0.25) is 0 Å². The molecular weight excluding hydrogens is 418 g/mol. The molecule has 0 aliphatic carbocycles. The predicted molar refractivity (Wildman–Crippen MR) is 115 cm³/mol. The number of H-pyrrole nitrogens is 2. The normalized spacial score (nSPS) is 15.5. The zero-order chi connectivity index (χ0) is 21.6. The van der Waals surface area contributed by atoms with Gasteiger partial charge in [0.1, 0.15) is 16.2 Å². The number of fused-ring (bicyclic) bond motifs is 2. The van der Waals surface area contributed by atoms with Crippen molar-refractivity contribution in [1.82, 2.24) is 24.2 Å². The molecule has 158 valence electrons. The molecule has 4 heterocycles. The van der Waals surface area contributed by atoms with E-state index in [1.165, 1.54) is 10.5 Å². The number of aromatic amines is 2. The SMILES string of the molecule is O=C(c1cc2ccccc2c(=O)[nH]1)N1CCN(S(=O)(=O)c2c[nH]c3ncccc23)CC1. The fourth-order valence-electron chi connectivity index (χ4n) is 3.91. The van der Waals surface area contributed by atoms with Crippen LogP contribution in [0.3, 0.4) is 0 Å². The first-order valence-electron chi connectivity index (χ1n) is 9.79. The number of nitrogens with zero attached hydrogens (tertiary/aromatic N) is 3. The number of carbonyl (C=O) groups is 1. The van der Waals surface area contributed by atoms with E-state index in [2.05, 4.69) is 15.0 Å². The number of carbonyl (C=O) groups excluding carboxylic acids is 1. The molecule has 0 unspecified atom stereocenters. The molecule has 1 fully saturated rings. The molecule has 0 bridgehead atoms. The van der Waals surface area contributed by atoms with E-state index >= 15 is 0 Å². The quantitative estimate of drug-likeness (QED) is 0.504. The molecule has 0 spiro atoms. The van der Waals surface area contributed by atoms with E-state index < -0.39 is 10.0 Å². The molecule has 1 aromatic carbocycles. The predicted octanol–water partition coefficient (Wildman–Crippen LogP) is 1.55. The summed E-state index contributed by atoms with van der Waals surface area (Å²) >= 11 is 0. The Morgan fingerprint density at radius 2 is 1.74 bits per heavy atom. The van der Waals surface area contributed by atoms with Crippen molar-refractivity contribution < 1.29 is 13.2 Å². The highest BCUT2D eigenvalue weighted by atomic mass is 32.2. The van der Waals surface area contributed by atoms with Crippen LogP contribution in [0.15, 0.2) is 64.5 Å². The van der Waals surface area contributed by atoms with Gasteiger partial charge in [0.05, 0.1) is 0 Å². The van der Waals surface area contributed by atoms with Gasteiger partial charge in [0.2, 0.25) is 10.0 Å². The molecule has 5 rings (SSSR count). The fraction of sp³-hybridized carbons (Fsp3) is 0.190. The minimum Gasteiger partial charge on any atom is -0.345 e. The van der Waals surface area contributed by atoms with Crippen molar-refractivity contribution in [3.05, 3.63) is 70.9 Å². The van der Waals surface area contributed by atoms with Gasteiger partial charge in [-0.2, -0.15) is 4.31 Å². The summed E-state index contributed by atoms with van der Waals surface area (Å²) in [6.07, 6.45) is 3.04. The maximum atomic E-state index is 13.1. The van der Waals surface area contributed by atoms with Crippen LogP contribution in [0.25, 0.3) is 21.8 Å². The van der Waals surface area contributed by atoms with E-state index in [0.717, 1.165) is 0 Å². The highest BCUT2D eigenvalue weighted by molar-refractivity contribution is 7.89. The van der Waals surface area contributed by atoms with Crippen molar-refractivity contribution in [2.24, 2.45) is 0 Å². The molecule has 0 atom stereocenters. The summed E-state index contributed by atoms with van der Waals surface area (Å²) in [5, 5.41) is 1.74. The lowest BCUT2D eigenvalue weighted by Crippen LogP contribution is -2.50. The minimum atomic E-state index is -3.73. The Bertz CT molecular complexity index is 1470. The second-order valence-corrected chi connectivity index (χ2v) is 9.25. The lowest BCUT2D eigenvalue weighted by atomic mass is 10.1. The van der Waals surface area contributed by atoms with Crippen LogP contribution in [0.1, 0.15) is 10.5 Å². The van der Waals surface area contributed by atoms with Crippen molar-refractivity contribution in [2.45, 2.75) is 4.90 Å². The first-order valence-corrected chi connectivity index (χ1v) is 11.2. The average molecular weight is 437 g/mol. The number of amides is 1. The standard InChI is InChI=1S/C21H19N5O4S/c27-20-15-5-2-1-4-14(15)12-17(24-20)21(28)25-8-10-26(11-9-25)31(29,30)18-13-23-19-16(18)6-3-7-22-19/h1-7,12-13H,8-11H2,(H,22,23)(H,24,27). The van der Waals surface area contributed by atoms with Gasteiger partial charge in [-0.05, 0) is 29.7 Å².